The van der Waals surface area contributed by atoms with E-state index in [4.69, 9.17) is 4.98 Å². The molecule has 0 saturated carbocycles. The molecule has 0 fully saturated rings. The lowest BCUT2D eigenvalue weighted by atomic mass is 9.93. The highest BCUT2D eigenvalue weighted by molar-refractivity contribution is 7.09. The van der Waals surface area contributed by atoms with Crippen LogP contribution in [-0.4, -0.2) is 12.0 Å². The second kappa shape index (κ2) is 6.29. The molecule has 0 saturated heterocycles. The lowest BCUT2D eigenvalue weighted by molar-refractivity contribution is 0.560. The van der Waals surface area contributed by atoms with E-state index in [2.05, 4.69) is 63.5 Å². The largest absolute Gasteiger partial charge is 0.313 e. The van der Waals surface area contributed by atoms with Crippen LogP contribution in [0.2, 0.25) is 0 Å². The third-order valence-electron chi connectivity index (χ3n) is 3.98. The van der Waals surface area contributed by atoms with Crippen molar-refractivity contribution in [2.45, 2.75) is 52.5 Å². The first kappa shape index (κ1) is 16.2. The Morgan fingerprint density at radius 2 is 1.90 bits per heavy atom. The van der Waals surface area contributed by atoms with Crippen LogP contribution in [-0.2, 0) is 11.8 Å². The van der Waals surface area contributed by atoms with E-state index in [0.29, 0.717) is 6.04 Å². The van der Waals surface area contributed by atoms with E-state index in [1.165, 1.54) is 27.4 Å². The lowest BCUT2D eigenvalue weighted by Gasteiger charge is -2.17. The fraction of sp³-hybridized carbons (Fsp3) is 0.500. The maximum Gasteiger partial charge on any atom is 0.0947 e. The van der Waals surface area contributed by atoms with Gasteiger partial charge in [-0.2, -0.15) is 0 Å². The van der Waals surface area contributed by atoms with E-state index >= 15 is 0 Å². The Kier molecular flexibility index (Phi) is 4.84. The summed E-state index contributed by atoms with van der Waals surface area (Å²) in [5.74, 6) is 0. The van der Waals surface area contributed by atoms with Gasteiger partial charge in [0.05, 0.1) is 10.7 Å². The van der Waals surface area contributed by atoms with Crippen molar-refractivity contribution in [3.8, 4) is 0 Å². The van der Waals surface area contributed by atoms with E-state index in [1.807, 2.05) is 7.05 Å². The summed E-state index contributed by atoms with van der Waals surface area (Å²) in [5, 5.41) is 6.83. The third-order valence-corrected chi connectivity index (χ3v) is 4.85. The summed E-state index contributed by atoms with van der Waals surface area (Å²) in [6.07, 6.45) is 0.944. The standard InChI is InChI=1S/C18H26N2S/c1-12-7-8-14(9-13(12)2)15(19-6)10-17-20-16(11-21-17)18(3,4)5/h7-9,11,15,19H,10H2,1-6H3. The van der Waals surface area contributed by atoms with Crippen molar-refractivity contribution in [2.75, 3.05) is 7.05 Å². The average Bonchev–Trinajstić information content (AvgIpc) is 2.88. The van der Waals surface area contributed by atoms with Gasteiger partial charge in [0.25, 0.3) is 0 Å². The van der Waals surface area contributed by atoms with Gasteiger partial charge in [0.1, 0.15) is 0 Å². The summed E-state index contributed by atoms with van der Waals surface area (Å²) in [6.45, 7) is 11.0. The van der Waals surface area contributed by atoms with Crippen molar-refractivity contribution < 1.29 is 0 Å². The smallest absolute Gasteiger partial charge is 0.0947 e. The monoisotopic (exact) mass is 302 g/mol. The van der Waals surface area contributed by atoms with Crippen molar-refractivity contribution in [1.29, 1.82) is 0 Å². The van der Waals surface area contributed by atoms with Gasteiger partial charge in [-0.15, -0.1) is 11.3 Å². The zero-order chi connectivity index (χ0) is 15.6. The molecule has 0 spiro atoms. The van der Waals surface area contributed by atoms with Gasteiger partial charge in [0.15, 0.2) is 0 Å². The van der Waals surface area contributed by atoms with Crippen molar-refractivity contribution in [1.82, 2.24) is 10.3 Å². The minimum absolute atomic E-state index is 0.129. The third kappa shape index (κ3) is 3.92. The van der Waals surface area contributed by atoms with Gasteiger partial charge in [-0.3, -0.25) is 0 Å². The maximum absolute atomic E-state index is 4.81. The molecule has 3 heteroatoms. The van der Waals surface area contributed by atoms with Crippen LogP contribution in [0.25, 0.3) is 0 Å². The van der Waals surface area contributed by atoms with E-state index in [9.17, 15) is 0 Å². The Labute approximate surface area is 132 Å². The van der Waals surface area contributed by atoms with Crippen LogP contribution in [0, 0.1) is 13.8 Å². The molecule has 114 valence electrons. The molecule has 0 aliphatic rings. The van der Waals surface area contributed by atoms with Gasteiger partial charge < -0.3 is 5.32 Å². The van der Waals surface area contributed by atoms with E-state index in [1.54, 1.807) is 11.3 Å². The molecule has 1 heterocycles. The minimum atomic E-state index is 0.129. The summed E-state index contributed by atoms with van der Waals surface area (Å²) in [7, 11) is 2.03. The number of aromatic nitrogens is 1. The van der Waals surface area contributed by atoms with Crippen molar-refractivity contribution in [3.63, 3.8) is 0 Å². The summed E-state index contributed by atoms with van der Waals surface area (Å²) in [4.78, 5) is 4.81. The van der Waals surface area contributed by atoms with Gasteiger partial charge in [-0.1, -0.05) is 39.0 Å². The second-order valence-electron chi connectivity index (χ2n) is 6.77. The molecule has 1 aromatic heterocycles. The molecule has 2 rings (SSSR count). The molecule has 0 aliphatic carbocycles. The van der Waals surface area contributed by atoms with Crippen LogP contribution >= 0.6 is 11.3 Å². The summed E-state index contributed by atoms with van der Waals surface area (Å²) in [6, 6.07) is 7.04. The fourth-order valence-corrected chi connectivity index (χ4v) is 3.36. The molecule has 2 nitrogen and oxygen atoms in total. The number of hydrogen-bond acceptors (Lipinski definition) is 3. The molecule has 0 bridgehead atoms. The molecule has 1 atom stereocenters. The SMILES string of the molecule is CNC(Cc1nc(C(C)(C)C)cs1)c1ccc(C)c(C)c1. The van der Waals surface area contributed by atoms with Crippen LogP contribution in [0.4, 0.5) is 0 Å². The molecular weight excluding hydrogens is 276 g/mol. The number of rotatable bonds is 4. The zero-order valence-corrected chi connectivity index (χ0v) is 14.8. The van der Waals surface area contributed by atoms with Crippen LogP contribution in [0.3, 0.4) is 0 Å². The Morgan fingerprint density at radius 3 is 2.43 bits per heavy atom. The molecule has 2 aromatic rings. The van der Waals surface area contributed by atoms with Gasteiger partial charge in [0, 0.05) is 23.3 Å². The summed E-state index contributed by atoms with van der Waals surface area (Å²) < 4.78 is 0. The highest BCUT2D eigenvalue weighted by atomic mass is 32.1. The topological polar surface area (TPSA) is 24.9 Å². The maximum atomic E-state index is 4.81. The number of nitrogens with zero attached hydrogens (tertiary/aromatic N) is 1. The number of likely N-dealkylation sites (N-methyl/N-ethyl adjacent to an activating group) is 1. The van der Waals surface area contributed by atoms with Crippen molar-refractivity contribution in [3.05, 3.63) is 51.0 Å². The second-order valence-corrected chi connectivity index (χ2v) is 7.71. The molecule has 1 N–H and O–H groups in total. The molecule has 1 aromatic carbocycles. The lowest BCUT2D eigenvalue weighted by Crippen LogP contribution is -2.19. The quantitative estimate of drug-likeness (QED) is 0.895. The summed E-state index contributed by atoms with van der Waals surface area (Å²) >= 11 is 1.77. The Morgan fingerprint density at radius 1 is 1.19 bits per heavy atom. The van der Waals surface area contributed by atoms with Crippen LogP contribution in [0.1, 0.15) is 54.2 Å². The molecule has 1 unspecified atom stereocenters. The number of nitrogens with one attached hydrogen (secondary N) is 1. The number of aryl methyl sites for hydroxylation is 2. The predicted molar refractivity (Wildman–Crippen MR) is 92.2 cm³/mol. The van der Waals surface area contributed by atoms with Crippen molar-refractivity contribution >= 4 is 11.3 Å². The van der Waals surface area contributed by atoms with E-state index in [-0.39, 0.29) is 5.41 Å². The molecule has 0 aliphatic heterocycles. The molecule has 21 heavy (non-hydrogen) atoms. The van der Waals surface area contributed by atoms with Gasteiger partial charge in [-0.05, 0) is 37.6 Å². The first-order valence-corrected chi connectivity index (χ1v) is 8.38. The van der Waals surface area contributed by atoms with E-state index < -0.39 is 0 Å². The Hall–Kier alpha value is -1.19. The van der Waals surface area contributed by atoms with Crippen molar-refractivity contribution in [2.24, 2.45) is 0 Å². The predicted octanol–water partition coefficient (Wildman–Crippen LogP) is 4.56. The molecule has 0 amide bonds. The minimum Gasteiger partial charge on any atom is -0.313 e. The molecule has 0 radical (unpaired) electrons. The first-order valence-electron chi connectivity index (χ1n) is 7.50. The van der Waals surface area contributed by atoms with Gasteiger partial charge in [0.2, 0.25) is 0 Å². The van der Waals surface area contributed by atoms with Crippen LogP contribution in [0.15, 0.2) is 23.6 Å². The highest BCUT2D eigenvalue weighted by Gasteiger charge is 2.19. The number of thiazole rings is 1. The van der Waals surface area contributed by atoms with Gasteiger partial charge in [-0.25, -0.2) is 4.98 Å². The average molecular weight is 302 g/mol. The summed E-state index contributed by atoms with van der Waals surface area (Å²) in [5.41, 5.74) is 5.36. The van der Waals surface area contributed by atoms with Crippen LogP contribution < -0.4 is 5.32 Å². The number of hydrogen-bond donors (Lipinski definition) is 1. The van der Waals surface area contributed by atoms with Gasteiger partial charge >= 0.3 is 0 Å². The zero-order valence-electron chi connectivity index (χ0n) is 13.9. The number of benzene rings is 1. The fourth-order valence-electron chi connectivity index (χ4n) is 2.29. The first-order chi connectivity index (χ1) is 9.81. The Balaban J connectivity index is 2.19. The van der Waals surface area contributed by atoms with E-state index in [0.717, 1.165) is 6.42 Å². The Bertz CT molecular complexity index is 608. The van der Waals surface area contributed by atoms with Crippen LogP contribution in [0.5, 0.6) is 0 Å². The highest BCUT2D eigenvalue weighted by Crippen LogP contribution is 2.27. The molecular formula is C18H26N2S. The normalized spacial score (nSPS) is 13.4.